The van der Waals surface area contributed by atoms with Crippen LogP contribution in [0.3, 0.4) is 0 Å². The maximum absolute atomic E-state index is 13.5. The van der Waals surface area contributed by atoms with E-state index in [0.717, 1.165) is 54.6 Å². The highest BCUT2D eigenvalue weighted by atomic mass is 32.2. The second-order valence-corrected chi connectivity index (χ2v) is 15.2. The van der Waals surface area contributed by atoms with Crippen LogP contribution in [-0.2, 0) is 26.0 Å². The number of fused-ring (bicyclic) bond motifs is 1. The van der Waals surface area contributed by atoms with Gasteiger partial charge in [0.15, 0.2) is 15.6 Å². The van der Waals surface area contributed by atoms with Gasteiger partial charge in [0.25, 0.3) is 11.5 Å². The third-order valence-electron chi connectivity index (χ3n) is 9.78. The number of pyridine rings is 1. The average molecular weight is 649 g/mol. The maximum Gasteiger partial charge on any atom is 0.287 e. The Labute approximate surface area is 267 Å². The number of amides is 3. The van der Waals surface area contributed by atoms with E-state index in [4.69, 9.17) is 4.42 Å². The molecule has 7 rings (SSSR count). The van der Waals surface area contributed by atoms with E-state index in [-0.39, 0.29) is 42.8 Å². The van der Waals surface area contributed by atoms with Gasteiger partial charge in [-0.25, -0.2) is 8.42 Å². The molecule has 1 aromatic carbocycles. The molecule has 1 atom stereocenters. The summed E-state index contributed by atoms with van der Waals surface area (Å²) in [6.07, 6.45) is 10.2. The number of hydrogen-bond donors (Lipinski definition) is 3. The predicted octanol–water partition coefficient (Wildman–Crippen LogP) is 3.92. The zero-order valence-corrected chi connectivity index (χ0v) is 26.8. The molecule has 0 unspecified atom stereocenters. The lowest BCUT2D eigenvalue weighted by molar-refractivity contribution is -0.125. The quantitative estimate of drug-likeness (QED) is 0.285. The highest BCUT2D eigenvalue weighted by Crippen LogP contribution is 2.53. The van der Waals surface area contributed by atoms with Crippen molar-refractivity contribution in [2.75, 3.05) is 11.6 Å². The second kappa shape index (κ2) is 12.9. The zero-order valence-electron chi connectivity index (χ0n) is 26.0. The summed E-state index contributed by atoms with van der Waals surface area (Å²) in [5, 5.41) is 10.3. The Bertz CT molecular complexity index is 1830. The molecule has 12 heteroatoms. The largest absolute Gasteiger partial charge is 0.451 e. The van der Waals surface area contributed by atoms with Gasteiger partial charge in [0.2, 0.25) is 11.8 Å². The number of aryl methyl sites for hydroxylation is 1. The van der Waals surface area contributed by atoms with E-state index >= 15 is 0 Å². The Balaban J connectivity index is 1.14. The number of para-hydroxylation sites is 1. The van der Waals surface area contributed by atoms with Crippen molar-refractivity contribution in [3.8, 4) is 0 Å². The molecule has 244 valence electrons. The summed E-state index contributed by atoms with van der Waals surface area (Å²) in [5.74, 6) is 1.12. The van der Waals surface area contributed by atoms with Gasteiger partial charge >= 0.3 is 0 Å². The first-order valence-corrected chi connectivity index (χ1v) is 17.9. The van der Waals surface area contributed by atoms with Crippen LogP contribution in [0.15, 0.2) is 63.3 Å². The zero-order chi connectivity index (χ0) is 32.6. The van der Waals surface area contributed by atoms with Crippen molar-refractivity contribution in [3.05, 3.63) is 75.8 Å². The highest BCUT2D eigenvalue weighted by Gasteiger charge is 2.48. The minimum Gasteiger partial charge on any atom is -0.451 e. The number of anilines is 1. The van der Waals surface area contributed by atoms with E-state index in [9.17, 15) is 27.6 Å². The average Bonchev–Trinajstić information content (AvgIpc) is 3.34. The first-order chi connectivity index (χ1) is 21.9. The summed E-state index contributed by atoms with van der Waals surface area (Å²) in [7, 11) is -3.37. The Morgan fingerprint density at radius 1 is 1.02 bits per heavy atom. The Hall–Kier alpha value is -4.19. The smallest absolute Gasteiger partial charge is 0.287 e. The standard InChI is InChI=1S/C34H40N4O7S/c1-20-25-8-3-4-11-28(25)45-31(20)33(41)35-26(9-5-6-13-46(2,43)44)32(40)36-27-10-7-12-38(34(27)42)19-29(39)37-30-23-15-21-14-22(17-23)18-24(30)16-21/h3-4,6-8,10-13,21-24,26,30H,5,9,14-19H2,1-2H3,(H,35,41)(H,36,40)(H,37,39)/b13-6+/t21?,22?,23?,24?,26-,30?/m0/s1. The molecule has 0 radical (unpaired) electrons. The number of nitrogens with one attached hydrogen (secondary N) is 3. The van der Waals surface area contributed by atoms with Crippen molar-refractivity contribution in [2.24, 2.45) is 23.7 Å². The van der Waals surface area contributed by atoms with E-state index in [1.807, 2.05) is 12.1 Å². The Morgan fingerprint density at radius 2 is 1.72 bits per heavy atom. The van der Waals surface area contributed by atoms with Crippen molar-refractivity contribution in [3.63, 3.8) is 0 Å². The molecule has 4 saturated carbocycles. The molecule has 3 N–H and O–H groups in total. The van der Waals surface area contributed by atoms with Gasteiger partial charge in [0, 0.05) is 34.9 Å². The van der Waals surface area contributed by atoms with Crippen LogP contribution in [-0.4, -0.2) is 49.0 Å². The van der Waals surface area contributed by atoms with Gasteiger partial charge < -0.3 is 24.9 Å². The molecule has 3 aromatic rings. The number of nitrogens with zero attached hydrogens (tertiary/aromatic N) is 1. The van der Waals surface area contributed by atoms with Crippen LogP contribution in [0, 0.1) is 30.6 Å². The minimum atomic E-state index is -3.37. The molecular formula is C34H40N4O7S. The topological polar surface area (TPSA) is 157 Å². The van der Waals surface area contributed by atoms with Crippen LogP contribution in [0.1, 0.15) is 61.1 Å². The minimum absolute atomic E-state index is 0.0410. The van der Waals surface area contributed by atoms with Crippen LogP contribution in [0.5, 0.6) is 0 Å². The van der Waals surface area contributed by atoms with E-state index in [0.29, 0.717) is 23.0 Å². The van der Waals surface area contributed by atoms with Crippen molar-refractivity contribution < 1.29 is 27.2 Å². The molecule has 2 aromatic heterocycles. The molecule has 11 nitrogen and oxygen atoms in total. The van der Waals surface area contributed by atoms with Crippen LogP contribution < -0.4 is 21.5 Å². The van der Waals surface area contributed by atoms with Gasteiger partial charge in [-0.2, -0.15) is 0 Å². The van der Waals surface area contributed by atoms with Crippen molar-refractivity contribution >= 4 is 44.2 Å². The summed E-state index contributed by atoms with van der Waals surface area (Å²) >= 11 is 0. The fraction of sp³-hybridized carbons (Fsp3) is 0.471. The first-order valence-electron chi connectivity index (χ1n) is 15.9. The summed E-state index contributed by atoms with van der Waals surface area (Å²) in [6.45, 7) is 1.57. The van der Waals surface area contributed by atoms with Crippen molar-refractivity contribution in [1.82, 2.24) is 15.2 Å². The molecule has 3 amide bonds. The van der Waals surface area contributed by atoms with Gasteiger partial charge in [-0.15, -0.1) is 0 Å². The summed E-state index contributed by atoms with van der Waals surface area (Å²) < 4.78 is 30.1. The van der Waals surface area contributed by atoms with E-state index in [1.165, 1.54) is 29.3 Å². The van der Waals surface area contributed by atoms with Crippen LogP contribution >= 0.6 is 0 Å². The number of carbonyl (C=O) groups excluding carboxylic acids is 3. The van der Waals surface area contributed by atoms with Crippen LogP contribution in [0.25, 0.3) is 11.0 Å². The first kappa shape index (κ1) is 31.8. The van der Waals surface area contributed by atoms with Gasteiger partial charge in [0.05, 0.1) is 0 Å². The third kappa shape index (κ3) is 6.96. The number of hydrogen-bond acceptors (Lipinski definition) is 7. The maximum atomic E-state index is 13.5. The number of sulfone groups is 1. The van der Waals surface area contributed by atoms with E-state index in [1.54, 1.807) is 25.1 Å². The predicted molar refractivity (Wildman–Crippen MR) is 174 cm³/mol. The van der Waals surface area contributed by atoms with Crippen LogP contribution in [0.2, 0.25) is 0 Å². The van der Waals surface area contributed by atoms with Gasteiger partial charge in [0.1, 0.15) is 23.9 Å². The van der Waals surface area contributed by atoms with Gasteiger partial charge in [-0.05, 0) is 93.7 Å². The summed E-state index contributed by atoms with van der Waals surface area (Å²) in [5.41, 5.74) is 0.550. The number of benzene rings is 1. The Kier molecular flexibility index (Phi) is 8.91. The molecule has 0 spiro atoms. The van der Waals surface area contributed by atoms with Crippen molar-refractivity contribution in [1.29, 1.82) is 0 Å². The molecule has 4 aliphatic rings. The molecule has 46 heavy (non-hydrogen) atoms. The lowest BCUT2D eigenvalue weighted by Crippen LogP contribution is -2.56. The number of aromatic nitrogens is 1. The summed E-state index contributed by atoms with van der Waals surface area (Å²) in [6, 6.07) is 9.23. The highest BCUT2D eigenvalue weighted by molar-refractivity contribution is 7.93. The van der Waals surface area contributed by atoms with Crippen molar-refractivity contribution in [2.45, 2.75) is 70.5 Å². The van der Waals surface area contributed by atoms with E-state index < -0.39 is 33.3 Å². The number of carbonyl (C=O) groups is 3. The SMILES string of the molecule is Cc1c(C(=O)N[C@@H](CC/C=C/S(C)(=O)=O)C(=O)Nc2cccn(CC(=O)NC3C4CC5CC(C4)CC3C5)c2=O)oc2ccccc12. The molecule has 0 aliphatic heterocycles. The number of rotatable bonds is 11. The lowest BCUT2D eigenvalue weighted by Gasteiger charge is -2.54. The lowest BCUT2D eigenvalue weighted by atomic mass is 9.54. The molecule has 2 heterocycles. The van der Waals surface area contributed by atoms with E-state index in [2.05, 4.69) is 16.0 Å². The molecule has 4 fully saturated rings. The van der Waals surface area contributed by atoms with Crippen LogP contribution in [0.4, 0.5) is 5.69 Å². The monoisotopic (exact) mass is 648 g/mol. The fourth-order valence-corrected chi connectivity index (χ4v) is 8.40. The van der Waals surface area contributed by atoms with Gasteiger partial charge in [-0.3, -0.25) is 19.2 Å². The Morgan fingerprint density at radius 3 is 2.39 bits per heavy atom. The van der Waals surface area contributed by atoms with Gasteiger partial charge in [-0.1, -0.05) is 24.3 Å². The molecule has 0 saturated heterocycles. The second-order valence-electron chi connectivity index (χ2n) is 13.2. The number of furan rings is 1. The summed E-state index contributed by atoms with van der Waals surface area (Å²) in [4.78, 5) is 53.2. The molecule has 4 aliphatic carbocycles. The molecule has 4 bridgehead atoms. The fourth-order valence-electron chi connectivity index (χ4n) is 7.91. The number of allylic oxidation sites excluding steroid dienone is 1. The molecular weight excluding hydrogens is 608 g/mol. The third-order valence-corrected chi connectivity index (χ3v) is 10.5. The normalized spacial score (nSPS) is 24.3.